The van der Waals surface area contributed by atoms with Crippen molar-refractivity contribution in [3.63, 3.8) is 0 Å². The van der Waals surface area contributed by atoms with E-state index in [0.29, 0.717) is 22.7 Å². The fourth-order valence-corrected chi connectivity index (χ4v) is 4.35. The molecule has 0 aromatic heterocycles. The number of fused-ring (bicyclic) bond motifs is 1. The predicted molar refractivity (Wildman–Crippen MR) is 119 cm³/mol. The zero-order valence-electron chi connectivity index (χ0n) is 17.5. The Morgan fingerprint density at radius 2 is 1.55 bits per heavy atom. The molecule has 3 unspecified atom stereocenters. The number of ether oxygens (including phenoxy) is 1. The van der Waals surface area contributed by atoms with E-state index in [1.54, 1.807) is 42.5 Å². The van der Waals surface area contributed by atoms with E-state index in [4.69, 9.17) is 15.3 Å². The van der Waals surface area contributed by atoms with Crippen molar-refractivity contribution in [3.05, 3.63) is 90.5 Å². The first kappa shape index (κ1) is 20.9. The fraction of sp³-hybridized carbons (Fsp3) is 0.160. The maximum atomic E-state index is 13.4. The molecule has 0 aliphatic carbocycles. The van der Waals surface area contributed by atoms with E-state index in [1.807, 2.05) is 42.5 Å². The number of primary amides is 1. The standard InChI is InChI=1S/C25H21N3O5/c26-20(29)15-27-22(16-8-7-13-19(14-16)32-18-11-5-2-6-12-18)21-23(33-27)25(31)28(24(21)30)17-9-3-1-4-10-17/h1-14,21-23H,15H2,(H2,26,29). The molecular formula is C25H21N3O5. The van der Waals surface area contributed by atoms with Gasteiger partial charge in [0.25, 0.3) is 5.91 Å². The molecule has 2 heterocycles. The van der Waals surface area contributed by atoms with Gasteiger partial charge < -0.3 is 10.5 Å². The van der Waals surface area contributed by atoms with Gasteiger partial charge in [-0.15, -0.1) is 0 Å². The van der Waals surface area contributed by atoms with Gasteiger partial charge in [0, 0.05) is 0 Å². The summed E-state index contributed by atoms with van der Waals surface area (Å²) >= 11 is 0. The van der Waals surface area contributed by atoms with Gasteiger partial charge in [0.2, 0.25) is 11.8 Å². The highest BCUT2D eigenvalue weighted by molar-refractivity contribution is 6.23. The van der Waals surface area contributed by atoms with Gasteiger partial charge in [-0.25, -0.2) is 4.90 Å². The van der Waals surface area contributed by atoms with E-state index in [-0.39, 0.29) is 12.5 Å². The molecule has 0 spiro atoms. The summed E-state index contributed by atoms with van der Waals surface area (Å²) in [4.78, 5) is 45.3. The smallest absolute Gasteiger partial charge is 0.265 e. The molecule has 0 bridgehead atoms. The fourth-order valence-electron chi connectivity index (χ4n) is 4.35. The molecule has 2 aliphatic heterocycles. The number of hydroxylamine groups is 2. The molecule has 2 fully saturated rings. The van der Waals surface area contributed by atoms with Gasteiger partial charge >= 0.3 is 0 Å². The lowest BCUT2D eigenvalue weighted by molar-refractivity contribution is -0.175. The average Bonchev–Trinajstić information content (AvgIpc) is 3.29. The number of anilines is 1. The van der Waals surface area contributed by atoms with Gasteiger partial charge in [0.05, 0.1) is 17.6 Å². The molecule has 2 aliphatic rings. The summed E-state index contributed by atoms with van der Waals surface area (Å²) < 4.78 is 5.93. The predicted octanol–water partition coefficient (Wildman–Crippen LogP) is 2.81. The molecule has 8 nitrogen and oxygen atoms in total. The summed E-state index contributed by atoms with van der Waals surface area (Å²) in [6.07, 6.45) is -1.04. The second-order valence-electron chi connectivity index (χ2n) is 7.87. The molecule has 2 saturated heterocycles. The Hall–Kier alpha value is -4.01. The second-order valence-corrected chi connectivity index (χ2v) is 7.87. The lowest BCUT2D eigenvalue weighted by Crippen LogP contribution is -2.40. The van der Waals surface area contributed by atoms with Gasteiger partial charge in [-0.2, -0.15) is 5.06 Å². The molecule has 166 valence electrons. The quantitative estimate of drug-likeness (QED) is 0.588. The van der Waals surface area contributed by atoms with Gasteiger partial charge in [0.1, 0.15) is 18.0 Å². The van der Waals surface area contributed by atoms with E-state index in [0.717, 1.165) is 4.90 Å². The first-order valence-electron chi connectivity index (χ1n) is 10.5. The van der Waals surface area contributed by atoms with E-state index in [9.17, 15) is 14.4 Å². The minimum atomic E-state index is -1.04. The zero-order valence-corrected chi connectivity index (χ0v) is 17.5. The van der Waals surface area contributed by atoms with Crippen molar-refractivity contribution in [2.75, 3.05) is 11.4 Å². The first-order chi connectivity index (χ1) is 16.0. The highest BCUT2D eigenvalue weighted by atomic mass is 16.7. The minimum Gasteiger partial charge on any atom is -0.457 e. The number of carbonyl (C=O) groups excluding carboxylic acids is 3. The van der Waals surface area contributed by atoms with Crippen LogP contribution >= 0.6 is 0 Å². The molecule has 3 atom stereocenters. The van der Waals surface area contributed by atoms with E-state index in [2.05, 4.69) is 0 Å². The number of carbonyl (C=O) groups is 3. The SMILES string of the molecule is NC(=O)CN1OC2C(=O)N(c3ccccc3)C(=O)C2C1c1cccc(Oc2ccccc2)c1. The van der Waals surface area contributed by atoms with Crippen molar-refractivity contribution < 1.29 is 24.0 Å². The maximum Gasteiger partial charge on any atom is 0.265 e. The third-order valence-corrected chi connectivity index (χ3v) is 5.70. The number of imide groups is 1. The molecule has 8 heteroatoms. The van der Waals surface area contributed by atoms with Crippen molar-refractivity contribution >= 4 is 23.4 Å². The van der Waals surface area contributed by atoms with E-state index >= 15 is 0 Å². The van der Waals surface area contributed by atoms with Gasteiger partial charge in [-0.3, -0.25) is 19.2 Å². The van der Waals surface area contributed by atoms with Gasteiger partial charge in [-0.1, -0.05) is 48.5 Å². The normalized spacial score (nSPS) is 22.4. The molecular weight excluding hydrogens is 422 g/mol. The first-order valence-corrected chi connectivity index (χ1v) is 10.5. The van der Waals surface area contributed by atoms with Crippen molar-refractivity contribution in [1.29, 1.82) is 0 Å². The summed E-state index contributed by atoms with van der Waals surface area (Å²) in [7, 11) is 0. The van der Waals surface area contributed by atoms with Crippen LogP contribution in [0, 0.1) is 5.92 Å². The number of para-hydroxylation sites is 2. The van der Waals surface area contributed by atoms with Crippen LogP contribution in [-0.2, 0) is 19.2 Å². The van der Waals surface area contributed by atoms with Crippen LogP contribution in [-0.4, -0.2) is 35.4 Å². The summed E-state index contributed by atoms with van der Waals surface area (Å²) in [6, 6.07) is 24.5. The molecule has 33 heavy (non-hydrogen) atoms. The lowest BCUT2D eigenvalue weighted by Gasteiger charge is -2.26. The van der Waals surface area contributed by atoms with Gasteiger partial charge in [-0.05, 0) is 42.0 Å². The van der Waals surface area contributed by atoms with E-state index in [1.165, 1.54) is 5.06 Å². The van der Waals surface area contributed by atoms with Crippen molar-refractivity contribution in [2.24, 2.45) is 11.7 Å². The molecule has 2 N–H and O–H groups in total. The Kier molecular flexibility index (Phi) is 5.37. The number of nitrogens with zero attached hydrogens (tertiary/aromatic N) is 2. The van der Waals surface area contributed by atoms with Crippen LogP contribution in [0.1, 0.15) is 11.6 Å². The topological polar surface area (TPSA) is 102 Å². The number of rotatable bonds is 6. The largest absolute Gasteiger partial charge is 0.457 e. The summed E-state index contributed by atoms with van der Waals surface area (Å²) in [6.45, 7) is -0.257. The van der Waals surface area contributed by atoms with Crippen LogP contribution in [0.5, 0.6) is 11.5 Å². The number of benzene rings is 3. The van der Waals surface area contributed by atoms with Crippen molar-refractivity contribution in [1.82, 2.24) is 5.06 Å². The van der Waals surface area contributed by atoms with Crippen LogP contribution < -0.4 is 15.4 Å². The van der Waals surface area contributed by atoms with Crippen LogP contribution in [0.2, 0.25) is 0 Å². The van der Waals surface area contributed by atoms with Crippen LogP contribution in [0.3, 0.4) is 0 Å². The van der Waals surface area contributed by atoms with Crippen molar-refractivity contribution in [3.8, 4) is 11.5 Å². The highest BCUT2D eigenvalue weighted by Crippen LogP contribution is 2.46. The van der Waals surface area contributed by atoms with Crippen LogP contribution in [0.25, 0.3) is 0 Å². The second kappa shape index (κ2) is 8.50. The number of amides is 3. The molecule has 0 radical (unpaired) electrons. The Morgan fingerprint density at radius 1 is 0.879 bits per heavy atom. The summed E-state index contributed by atoms with van der Waals surface area (Å²) in [5.41, 5.74) is 6.57. The minimum absolute atomic E-state index is 0.257. The molecule has 5 rings (SSSR count). The van der Waals surface area contributed by atoms with Gasteiger partial charge in [0.15, 0.2) is 6.10 Å². The number of hydrogen-bond acceptors (Lipinski definition) is 6. The maximum absolute atomic E-state index is 13.4. The molecule has 3 aromatic rings. The Bertz CT molecular complexity index is 1200. The monoisotopic (exact) mass is 443 g/mol. The zero-order chi connectivity index (χ0) is 22.9. The Balaban J connectivity index is 1.50. The number of nitrogens with two attached hydrogens (primary N) is 1. The van der Waals surface area contributed by atoms with Crippen LogP contribution in [0.15, 0.2) is 84.9 Å². The third kappa shape index (κ3) is 3.86. The highest BCUT2D eigenvalue weighted by Gasteiger charge is 2.60. The summed E-state index contributed by atoms with van der Waals surface area (Å²) in [5, 5.41) is 1.33. The van der Waals surface area contributed by atoms with E-state index < -0.39 is 29.9 Å². The lowest BCUT2D eigenvalue weighted by atomic mass is 9.90. The average molecular weight is 443 g/mol. The number of hydrogen-bond donors (Lipinski definition) is 1. The van der Waals surface area contributed by atoms with Crippen LogP contribution in [0.4, 0.5) is 5.69 Å². The molecule has 3 amide bonds. The Labute approximate surface area is 190 Å². The summed E-state index contributed by atoms with van der Waals surface area (Å²) in [5.74, 6) is -1.10. The molecule has 3 aromatic carbocycles. The van der Waals surface area contributed by atoms with Crippen molar-refractivity contribution in [2.45, 2.75) is 12.1 Å². The molecule has 0 saturated carbocycles. The Morgan fingerprint density at radius 3 is 2.24 bits per heavy atom. The third-order valence-electron chi connectivity index (χ3n) is 5.70.